The summed E-state index contributed by atoms with van der Waals surface area (Å²) in [5.41, 5.74) is 2.92. The van der Waals surface area contributed by atoms with E-state index in [1.165, 1.54) is 10.8 Å². The normalized spacial score (nSPS) is 12.4. The van der Waals surface area contributed by atoms with Crippen LogP contribution in [-0.4, -0.2) is 35.0 Å². The van der Waals surface area contributed by atoms with Crippen LogP contribution in [0.2, 0.25) is 0 Å². The number of aliphatic hydroxyl groups excluding tert-OH is 1. The van der Waals surface area contributed by atoms with Gasteiger partial charge in [0.25, 0.3) is 0 Å². The van der Waals surface area contributed by atoms with Gasteiger partial charge < -0.3 is 25.0 Å². The van der Waals surface area contributed by atoms with E-state index < -0.39 is 6.10 Å². The lowest BCUT2D eigenvalue weighted by Crippen LogP contribution is -2.26. The van der Waals surface area contributed by atoms with E-state index in [4.69, 9.17) is 9.99 Å². The lowest BCUT2D eigenvalue weighted by atomic mass is 10.1. The lowest BCUT2D eigenvalue weighted by Gasteiger charge is -2.13. The van der Waals surface area contributed by atoms with E-state index in [9.17, 15) is 5.11 Å². The smallest absolute Gasteiger partial charge is 0.165 e. The Labute approximate surface area is 162 Å². The summed E-state index contributed by atoms with van der Waals surface area (Å²) >= 11 is 0. The van der Waals surface area contributed by atoms with Gasteiger partial charge in [0.05, 0.1) is 11.6 Å². The predicted octanol–water partition coefficient (Wildman–Crippen LogP) is 3.87. The highest BCUT2D eigenvalue weighted by molar-refractivity contribution is 6.07. The van der Waals surface area contributed by atoms with Gasteiger partial charge in [-0.3, -0.25) is 0 Å². The molecule has 0 radical (unpaired) electrons. The average Bonchev–Trinajstić information content (AvgIpc) is 3.11. The SMILES string of the molecule is OOc1ccc(C(O)CNCCOc2ccc3c(c2)[nH]c2ccccc23)cc1. The molecule has 0 aliphatic heterocycles. The van der Waals surface area contributed by atoms with Crippen molar-refractivity contribution in [2.24, 2.45) is 0 Å². The van der Waals surface area contributed by atoms with E-state index in [0.717, 1.165) is 22.3 Å². The number of fused-ring (bicyclic) bond motifs is 3. The Morgan fingerprint density at radius 2 is 1.64 bits per heavy atom. The quantitative estimate of drug-likeness (QED) is 0.212. The zero-order chi connectivity index (χ0) is 19.3. The van der Waals surface area contributed by atoms with E-state index in [-0.39, 0.29) is 0 Å². The molecule has 6 heteroatoms. The van der Waals surface area contributed by atoms with Gasteiger partial charge in [-0.2, -0.15) is 0 Å². The molecule has 0 saturated carbocycles. The van der Waals surface area contributed by atoms with Crippen LogP contribution >= 0.6 is 0 Å². The van der Waals surface area contributed by atoms with Crippen LogP contribution in [0, 0.1) is 0 Å². The lowest BCUT2D eigenvalue weighted by molar-refractivity contribution is -0.137. The number of hydrogen-bond donors (Lipinski definition) is 4. The number of hydrogen-bond acceptors (Lipinski definition) is 5. The molecule has 1 heterocycles. The van der Waals surface area contributed by atoms with Crippen molar-refractivity contribution >= 4 is 21.8 Å². The van der Waals surface area contributed by atoms with E-state index in [1.807, 2.05) is 24.3 Å². The number of H-pyrrole nitrogens is 1. The fourth-order valence-electron chi connectivity index (χ4n) is 3.27. The maximum absolute atomic E-state index is 10.2. The van der Waals surface area contributed by atoms with E-state index in [2.05, 4.69) is 33.4 Å². The van der Waals surface area contributed by atoms with Crippen molar-refractivity contribution in [2.75, 3.05) is 19.7 Å². The van der Waals surface area contributed by atoms with Crippen molar-refractivity contribution < 1.29 is 20.0 Å². The van der Waals surface area contributed by atoms with Crippen LogP contribution in [0.5, 0.6) is 11.5 Å². The van der Waals surface area contributed by atoms with Crippen molar-refractivity contribution in [3.8, 4) is 11.5 Å². The molecule has 4 aromatic rings. The number of rotatable bonds is 8. The molecule has 4 rings (SSSR count). The first-order chi connectivity index (χ1) is 13.7. The van der Waals surface area contributed by atoms with Crippen LogP contribution in [0.1, 0.15) is 11.7 Å². The third-order valence-corrected chi connectivity index (χ3v) is 4.73. The highest BCUT2D eigenvalue weighted by atomic mass is 17.1. The second-order valence-corrected chi connectivity index (χ2v) is 6.61. The molecule has 0 spiro atoms. The van der Waals surface area contributed by atoms with Crippen molar-refractivity contribution in [3.05, 3.63) is 72.3 Å². The standard InChI is InChI=1S/C22H22N2O4/c25-22(15-5-7-16(28-26)8-6-15)14-23-11-12-27-17-9-10-19-18-3-1-2-4-20(18)24-21(19)13-17/h1-10,13,22-26H,11-12,14H2. The Hall–Kier alpha value is -3.06. The molecule has 6 nitrogen and oxygen atoms in total. The highest BCUT2D eigenvalue weighted by Gasteiger charge is 2.08. The Kier molecular flexibility index (Phi) is 5.43. The van der Waals surface area contributed by atoms with Gasteiger partial charge in [-0.15, -0.1) is 0 Å². The summed E-state index contributed by atoms with van der Waals surface area (Å²) < 4.78 is 5.82. The summed E-state index contributed by atoms with van der Waals surface area (Å²) in [6.07, 6.45) is -0.643. The topological polar surface area (TPSA) is 86.7 Å². The summed E-state index contributed by atoms with van der Waals surface area (Å²) in [5.74, 6) is 1.14. The third kappa shape index (κ3) is 3.94. The average molecular weight is 378 g/mol. The Morgan fingerprint density at radius 1 is 0.893 bits per heavy atom. The fourth-order valence-corrected chi connectivity index (χ4v) is 3.27. The largest absolute Gasteiger partial charge is 0.492 e. The summed E-state index contributed by atoms with van der Waals surface area (Å²) in [6.45, 7) is 1.51. The van der Waals surface area contributed by atoms with Gasteiger partial charge in [0.1, 0.15) is 12.4 Å². The molecule has 4 N–H and O–H groups in total. The first-order valence-electron chi connectivity index (χ1n) is 9.18. The van der Waals surface area contributed by atoms with Crippen LogP contribution in [0.15, 0.2) is 66.7 Å². The van der Waals surface area contributed by atoms with Gasteiger partial charge in [0, 0.05) is 35.4 Å². The molecular formula is C22H22N2O4. The Morgan fingerprint density at radius 3 is 2.46 bits per heavy atom. The van der Waals surface area contributed by atoms with Crippen LogP contribution < -0.4 is 14.9 Å². The Balaban J connectivity index is 1.27. The molecule has 0 fully saturated rings. The summed E-state index contributed by atoms with van der Waals surface area (Å²) in [4.78, 5) is 7.54. The number of aliphatic hydroxyl groups is 1. The van der Waals surface area contributed by atoms with E-state index in [1.54, 1.807) is 24.3 Å². The second kappa shape index (κ2) is 8.31. The minimum Gasteiger partial charge on any atom is -0.492 e. The van der Waals surface area contributed by atoms with Crippen LogP contribution in [0.25, 0.3) is 21.8 Å². The summed E-state index contributed by atoms with van der Waals surface area (Å²) in [7, 11) is 0. The third-order valence-electron chi connectivity index (χ3n) is 4.73. The minimum atomic E-state index is -0.643. The van der Waals surface area contributed by atoms with E-state index in [0.29, 0.717) is 25.4 Å². The van der Waals surface area contributed by atoms with Crippen molar-refractivity contribution in [3.63, 3.8) is 0 Å². The van der Waals surface area contributed by atoms with Gasteiger partial charge in [-0.25, -0.2) is 5.26 Å². The molecule has 144 valence electrons. The maximum Gasteiger partial charge on any atom is 0.165 e. The van der Waals surface area contributed by atoms with Crippen molar-refractivity contribution in [1.29, 1.82) is 0 Å². The molecule has 0 saturated heterocycles. The van der Waals surface area contributed by atoms with Crippen LogP contribution in [0.4, 0.5) is 0 Å². The molecule has 0 amide bonds. The van der Waals surface area contributed by atoms with Crippen LogP contribution in [0.3, 0.4) is 0 Å². The van der Waals surface area contributed by atoms with Crippen LogP contribution in [-0.2, 0) is 0 Å². The molecule has 1 aromatic heterocycles. The van der Waals surface area contributed by atoms with Crippen molar-refractivity contribution in [1.82, 2.24) is 10.3 Å². The predicted molar refractivity (Wildman–Crippen MR) is 109 cm³/mol. The number of aromatic amines is 1. The molecule has 0 aliphatic rings. The molecule has 3 aromatic carbocycles. The molecule has 28 heavy (non-hydrogen) atoms. The summed E-state index contributed by atoms with van der Waals surface area (Å²) in [5, 5.41) is 24.3. The maximum atomic E-state index is 10.2. The van der Waals surface area contributed by atoms with Gasteiger partial charge in [0.2, 0.25) is 0 Å². The zero-order valence-electron chi connectivity index (χ0n) is 15.3. The minimum absolute atomic E-state index is 0.337. The van der Waals surface area contributed by atoms with Gasteiger partial charge in [0.15, 0.2) is 5.75 Å². The Bertz CT molecular complexity index is 1060. The fraction of sp³-hybridized carbons (Fsp3) is 0.182. The van der Waals surface area contributed by atoms with Gasteiger partial charge >= 0.3 is 0 Å². The first kappa shape index (κ1) is 18.3. The molecule has 0 bridgehead atoms. The number of ether oxygens (including phenoxy) is 1. The number of para-hydroxylation sites is 1. The monoisotopic (exact) mass is 378 g/mol. The number of nitrogens with one attached hydrogen (secondary N) is 2. The van der Waals surface area contributed by atoms with Gasteiger partial charge in [-0.05, 0) is 35.9 Å². The van der Waals surface area contributed by atoms with Crippen molar-refractivity contribution in [2.45, 2.75) is 6.10 Å². The molecule has 0 aliphatic carbocycles. The molecular weight excluding hydrogens is 356 g/mol. The summed E-state index contributed by atoms with van der Waals surface area (Å²) in [6, 6.07) is 20.9. The van der Waals surface area contributed by atoms with Gasteiger partial charge in [-0.1, -0.05) is 30.3 Å². The highest BCUT2D eigenvalue weighted by Crippen LogP contribution is 2.28. The second-order valence-electron chi connectivity index (χ2n) is 6.61. The molecule has 1 atom stereocenters. The molecule has 1 unspecified atom stereocenters. The number of aromatic nitrogens is 1. The van der Waals surface area contributed by atoms with E-state index >= 15 is 0 Å². The zero-order valence-corrected chi connectivity index (χ0v) is 15.3. The number of benzene rings is 3. The first-order valence-corrected chi connectivity index (χ1v) is 9.18.